The molecule has 0 radical (unpaired) electrons. The first-order chi connectivity index (χ1) is 17.0. The van der Waals surface area contributed by atoms with E-state index in [0.717, 1.165) is 9.13 Å². The number of carboxylic acids is 2. The minimum atomic E-state index is -1.06. The van der Waals surface area contributed by atoms with E-state index < -0.39 is 34.4 Å². The van der Waals surface area contributed by atoms with E-state index in [1.54, 1.807) is 38.1 Å². The molecule has 0 atom stereocenters. The van der Waals surface area contributed by atoms with Gasteiger partial charge < -0.3 is 10.2 Å². The van der Waals surface area contributed by atoms with Crippen LogP contribution in [-0.4, -0.2) is 40.4 Å². The molecule has 0 saturated heterocycles. The Morgan fingerprint density at radius 1 is 0.667 bits per heavy atom. The molecule has 0 spiro atoms. The third kappa shape index (κ3) is 5.95. The topological polar surface area (TPSA) is 163 Å². The molecule has 0 fully saturated rings. The maximum Gasteiger partial charge on any atom is 0.331 e. The molecule has 0 unspecified atom stereocenters. The highest BCUT2D eigenvalue weighted by atomic mass is 16.4. The first kappa shape index (κ1) is 26.1. The molecule has 0 aliphatic heterocycles. The van der Waals surface area contributed by atoms with Gasteiger partial charge in [0.2, 0.25) is 0 Å². The third-order valence-electron chi connectivity index (χ3n) is 5.65. The highest BCUT2D eigenvalue weighted by Crippen LogP contribution is 2.07. The Labute approximate surface area is 203 Å². The van der Waals surface area contributed by atoms with E-state index in [4.69, 9.17) is 10.2 Å². The molecule has 190 valence electrons. The number of rotatable bonds is 10. The van der Waals surface area contributed by atoms with Crippen LogP contribution in [0.25, 0.3) is 0 Å². The summed E-state index contributed by atoms with van der Waals surface area (Å²) in [5, 5.41) is 17.8. The highest BCUT2D eigenvalue weighted by Gasteiger charge is 2.13. The van der Waals surface area contributed by atoms with Gasteiger partial charge >= 0.3 is 23.3 Å². The SMILES string of the molecule is Cc1cn(CCC(=O)O)c(=O)n(Cc2ccc(Cn3c(=O)c(C)cn(CCC(=O)O)c3=O)cc2)c1=O. The van der Waals surface area contributed by atoms with Gasteiger partial charge in [-0.1, -0.05) is 24.3 Å². The van der Waals surface area contributed by atoms with Gasteiger partial charge in [0.05, 0.1) is 25.9 Å². The van der Waals surface area contributed by atoms with E-state index >= 15 is 0 Å². The molecule has 12 heteroatoms. The average molecular weight is 498 g/mol. The van der Waals surface area contributed by atoms with Crippen LogP contribution in [0.1, 0.15) is 35.1 Å². The molecule has 12 nitrogen and oxygen atoms in total. The molecule has 2 aromatic heterocycles. The van der Waals surface area contributed by atoms with Crippen molar-refractivity contribution in [3.05, 3.63) is 101 Å². The van der Waals surface area contributed by atoms with Crippen molar-refractivity contribution in [2.45, 2.75) is 52.9 Å². The maximum absolute atomic E-state index is 12.7. The molecule has 3 rings (SSSR count). The number of aryl methyl sites for hydroxylation is 4. The lowest BCUT2D eigenvalue weighted by molar-refractivity contribution is -0.138. The molecule has 2 heterocycles. The second-order valence-corrected chi connectivity index (χ2v) is 8.46. The molecule has 0 amide bonds. The summed E-state index contributed by atoms with van der Waals surface area (Å²) in [5.41, 5.74) is -0.377. The Morgan fingerprint density at radius 3 is 1.31 bits per heavy atom. The Hall–Kier alpha value is -4.48. The smallest absolute Gasteiger partial charge is 0.331 e. The zero-order valence-electron chi connectivity index (χ0n) is 19.8. The lowest BCUT2D eigenvalue weighted by Crippen LogP contribution is -2.41. The fourth-order valence-electron chi connectivity index (χ4n) is 3.74. The lowest BCUT2D eigenvalue weighted by Gasteiger charge is -2.13. The predicted octanol–water partition coefficient (Wildman–Crippen LogP) is -0.00376. The van der Waals surface area contributed by atoms with Gasteiger partial charge in [-0.2, -0.15) is 0 Å². The van der Waals surface area contributed by atoms with Crippen LogP contribution in [0.3, 0.4) is 0 Å². The zero-order chi connectivity index (χ0) is 26.6. The van der Waals surface area contributed by atoms with Gasteiger partial charge in [0.15, 0.2) is 0 Å². The summed E-state index contributed by atoms with van der Waals surface area (Å²) in [6.07, 6.45) is 2.16. The second kappa shape index (κ2) is 10.8. The van der Waals surface area contributed by atoms with Gasteiger partial charge in [-0.25, -0.2) is 9.59 Å². The predicted molar refractivity (Wildman–Crippen MR) is 129 cm³/mol. The van der Waals surface area contributed by atoms with Gasteiger partial charge in [-0.15, -0.1) is 0 Å². The number of carbonyl (C=O) groups is 2. The largest absolute Gasteiger partial charge is 0.481 e. The van der Waals surface area contributed by atoms with E-state index in [1.165, 1.54) is 21.5 Å². The molecule has 36 heavy (non-hydrogen) atoms. The van der Waals surface area contributed by atoms with Crippen LogP contribution in [0.5, 0.6) is 0 Å². The standard InChI is InChI=1S/C24H26N4O8/c1-15-11-25(9-7-19(29)30)23(35)27(21(15)33)13-17-3-5-18(6-4-17)14-28-22(34)16(2)12-26(24(28)36)10-8-20(31)32/h3-6,11-12H,7-10,13-14H2,1-2H3,(H,29,30)(H,31,32). The van der Waals surface area contributed by atoms with E-state index in [2.05, 4.69) is 0 Å². The van der Waals surface area contributed by atoms with Crippen molar-refractivity contribution in [2.24, 2.45) is 0 Å². The maximum atomic E-state index is 12.7. The van der Waals surface area contributed by atoms with E-state index in [0.29, 0.717) is 22.3 Å². The molecule has 0 aliphatic carbocycles. The summed E-state index contributed by atoms with van der Waals surface area (Å²) in [5.74, 6) is -2.12. The third-order valence-corrected chi connectivity index (χ3v) is 5.65. The van der Waals surface area contributed by atoms with Crippen molar-refractivity contribution < 1.29 is 19.8 Å². The first-order valence-electron chi connectivity index (χ1n) is 11.1. The van der Waals surface area contributed by atoms with Crippen molar-refractivity contribution in [1.29, 1.82) is 0 Å². The molecule has 2 N–H and O–H groups in total. The second-order valence-electron chi connectivity index (χ2n) is 8.46. The Kier molecular flexibility index (Phi) is 7.87. The Morgan fingerprint density at radius 2 is 1.00 bits per heavy atom. The van der Waals surface area contributed by atoms with Gasteiger partial charge in [0.25, 0.3) is 11.1 Å². The molecule has 1 aromatic carbocycles. The van der Waals surface area contributed by atoms with Crippen molar-refractivity contribution >= 4 is 11.9 Å². The van der Waals surface area contributed by atoms with Gasteiger partial charge in [-0.3, -0.25) is 37.4 Å². The van der Waals surface area contributed by atoms with Gasteiger partial charge in [0, 0.05) is 36.6 Å². The lowest BCUT2D eigenvalue weighted by atomic mass is 10.1. The number of carboxylic acid groups (broad SMARTS) is 2. The number of aliphatic carboxylic acids is 2. The summed E-state index contributed by atoms with van der Waals surface area (Å²) in [7, 11) is 0. The van der Waals surface area contributed by atoms with Crippen LogP contribution in [0, 0.1) is 13.8 Å². The number of nitrogens with zero attached hydrogens (tertiary/aromatic N) is 4. The van der Waals surface area contributed by atoms with Crippen molar-refractivity contribution in [3.8, 4) is 0 Å². The fraction of sp³-hybridized carbons (Fsp3) is 0.333. The zero-order valence-corrected chi connectivity index (χ0v) is 19.8. The van der Waals surface area contributed by atoms with Gasteiger partial charge in [-0.05, 0) is 25.0 Å². The van der Waals surface area contributed by atoms with E-state index in [-0.39, 0.29) is 39.0 Å². The molecule has 3 aromatic rings. The van der Waals surface area contributed by atoms with Crippen LogP contribution in [-0.2, 0) is 35.8 Å². The average Bonchev–Trinajstić information content (AvgIpc) is 2.83. The number of aromatic nitrogens is 4. The van der Waals surface area contributed by atoms with Crippen LogP contribution in [0.2, 0.25) is 0 Å². The first-order valence-corrected chi connectivity index (χ1v) is 11.1. The summed E-state index contributed by atoms with van der Waals surface area (Å²) in [6, 6.07) is 6.65. The number of hydrogen-bond acceptors (Lipinski definition) is 6. The summed E-state index contributed by atoms with van der Waals surface area (Å²) in [4.78, 5) is 72.3. The summed E-state index contributed by atoms with van der Waals surface area (Å²) < 4.78 is 4.44. The number of hydrogen-bond donors (Lipinski definition) is 2. The fourth-order valence-corrected chi connectivity index (χ4v) is 3.74. The Balaban J connectivity index is 1.86. The van der Waals surface area contributed by atoms with E-state index in [1.807, 2.05) is 0 Å². The van der Waals surface area contributed by atoms with Crippen LogP contribution in [0.15, 0.2) is 55.8 Å². The van der Waals surface area contributed by atoms with Crippen molar-refractivity contribution in [2.75, 3.05) is 0 Å². The molecule has 0 aliphatic rings. The molecular formula is C24H26N4O8. The summed E-state index contributed by atoms with van der Waals surface area (Å²) >= 11 is 0. The van der Waals surface area contributed by atoms with Crippen LogP contribution in [0.4, 0.5) is 0 Å². The van der Waals surface area contributed by atoms with Crippen LogP contribution >= 0.6 is 0 Å². The summed E-state index contributed by atoms with van der Waals surface area (Å²) in [6.45, 7) is 2.87. The van der Waals surface area contributed by atoms with Crippen LogP contribution < -0.4 is 22.5 Å². The van der Waals surface area contributed by atoms with Crippen molar-refractivity contribution in [1.82, 2.24) is 18.3 Å². The minimum absolute atomic E-state index is 0.0426. The number of benzene rings is 1. The quantitative estimate of drug-likeness (QED) is 0.394. The minimum Gasteiger partial charge on any atom is -0.481 e. The molecular weight excluding hydrogens is 472 g/mol. The normalized spacial score (nSPS) is 10.9. The molecule has 0 saturated carbocycles. The Bertz CT molecular complexity index is 1420. The van der Waals surface area contributed by atoms with Crippen molar-refractivity contribution in [3.63, 3.8) is 0 Å². The van der Waals surface area contributed by atoms with E-state index in [9.17, 15) is 28.8 Å². The highest BCUT2D eigenvalue weighted by molar-refractivity contribution is 5.66. The molecule has 0 bridgehead atoms. The van der Waals surface area contributed by atoms with Gasteiger partial charge in [0.1, 0.15) is 0 Å². The monoisotopic (exact) mass is 498 g/mol.